The quantitative estimate of drug-likeness (QED) is 0.662. The van der Waals surface area contributed by atoms with Crippen LogP contribution >= 0.6 is 0 Å². The molecule has 0 aliphatic heterocycles. The van der Waals surface area contributed by atoms with Crippen molar-refractivity contribution in [3.05, 3.63) is 73.8 Å². The minimum absolute atomic E-state index is 0.0156. The Morgan fingerprint density at radius 1 is 0.708 bits per heavy atom. The molecule has 0 N–H and O–H groups in total. The number of rotatable bonds is 9. The summed E-state index contributed by atoms with van der Waals surface area (Å²) in [6.45, 7) is 6.76. The minimum Gasteiger partial charge on any atom is -0.485 e. The van der Waals surface area contributed by atoms with E-state index >= 15 is 0 Å². The van der Waals surface area contributed by atoms with Crippen molar-refractivity contribution in [1.82, 2.24) is 0 Å². The predicted octanol–water partition coefficient (Wildman–Crippen LogP) is 3.62. The van der Waals surface area contributed by atoms with Crippen molar-refractivity contribution < 1.29 is 19.1 Å². The van der Waals surface area contributed by atoms with Gasteiger partial charge in [-0.1, -0.05) is 37.4 Å². The van der Waals surface area contributed by atoms with Crippen LogP contribution in [0, 0.1) is 0 Å². The van der Waals surface area contributed by atoms with E-state index in [0.29, 0.717) is 11.5 Å². The van der Waals surface area contributed by atoms with Gasteiger partial charge in [0, 0.05) is 0 Å². The molecule has 4 heteroatoms. The molecule has 0 saturated carbocycles. The van der Waals surface area contributed by atoms with Crippen LogP contribution in [0.3, 0.4) is 0 Å². The SMILES string of the molecule is C=CC(=O)COc1ccc(-c2ccc(OCC(=O)C=C)cc2)cc1. The third-order valence-corrected chi connectivity index (χ3v) is 3.26. The van der Waals surface area contributed by atoms with Crippen LogP contribution in [0.5, 0.6) is 11.5 Å². The number of hydrogen-bond acceptors (Lipinski definition) is 4. The van der Waals surface area contributed by atoms with E-state index in [1.165, 1.54) is 12.2 Å². The van der Waals surface area contributed by atoms with Crippen LogP contribution in [0.15, 0.2) is 73.8 Å². The molecule has 24 heavy (non-hydrogen) atoms. The summed E-state index contributed by atoms with van der Waals surface area (Å²) < 4.78 is 10.7. The molecule has 0 aliphatic rings. The third kappa shape index (κ3) is 4.95. The lowest BCUT2D eigenvalue weighted by Crippen LogP contribution is -2.07. The van der Waals surface area contributed by atoms with Gasteiger partial charge in [-0.25, -0.2) is 0 Å². The fourth-order valence-corrected chi connectivity index (χ4v) is 1.91. The monoisotopic (exact) mass is 322 g/mol. The molecule has 0 atom stereocenters. The first kappa shape index (κ1) is 17.2. The van der Waals surface area contributed by atoms with E-state index in [2.05, 4.69) is 13.2 Å². The highest BCUT2D eigenvalue weighted by molar-refractivity contribution is 5.90. The maximum Gasteiger partial charge on any atom is 0.192 e. The molecular weight excluding hydrogens is 304 g/mol. The van der Waals surface area contributed by atoms with Gasteiger partial charge in [-0.3, -0.25) is 9.59 Å². The van der Waals surface area contributed by atoms with Gasteiger partial charge in [-0.2, -0.15) is 0 Å². The largest absolute Gasteiger partial charge is 0.485 e. The predicted molar refractivity (Wildman–Crippen MR) is 93.3 cm³/mol. The van der Waals surface area contributed by atoms with Gasteiger partial charge >= 0.3 is 0 Å². The summed E-state index contributed by atoms with van der Waals surface area (Å²) in [6.07, 6.45) is 2.47. The zero-order chi connectivity index (χ0) is 17.4. The average Bonchev–Trinajstić information content (AvgIpc) is 2.65. The maximum absolute atomic E-state index is 11.1. The van der Waals surface area contributed by atoms with Crippen LogP contribution in [0.2, 0.25) is 0 Å². The van der Waals surface area contributed by atoms with Crippen LogP contribution in [0.1, 0.15) is 0 Å². The van der Waals surface area contributed by atoms with Crippen LogP contribution in [0.25, 0.3) is 11.1 Å². The lowest BCUT2D eigenvalue weighted by molar-refractivity contribution is -0.117. The first-order chi connectivity index (χ1) is 11.6. The molecule has 0 heterocycles. The van der Waals surface area contributed by atoms with Gasteiger partial charge in [-0.15, -0.1) is 0 Å². The van der Waals surface area contributed by atoms with Gasteiger partial charge in [0.15, 0.2) is 24.8 Å². The van der Waals surface area contributed by atoms with Crippen molar-refractivity contribution in [3.8, 4) is 22.6 Å². The molecule has 0 saturated heterocycles. The Labute approximate surface area is 141 Å². The van der Waals surface area contributed by atoms with Crippen molar-refractivity contribution in [2.75, 3.05) is 13.2 Å². The second-order valence-electron chi connectivity index (χ2n) is 4.97. The first-order valence-electron chi connectivity index (χ1n) is 7.39. The number of carbonyl (C=O) groups is 2. The van der Waals surface area contributed by atoms with E-state index in [0.717, 1.165) is 11.1 Å². The van der Waals surface area contributed by atoms with Crippen LogP contribution in [-0.2, 0) is 9.59 Å². The summed E-state index contributed by atoms with van der Waals surface area (Å²) in [4.78, 5) is 22.3. The summed E-state index contributed by atoms with van der Waals surface area (Å²) in [6, 6.07) is 14.8. The summed E-state index contributed by atoms with van der Waals surface area (Å²) in [5, 5.41) is 0. The van der Waals surface area contributed by atoms with Gasteiger partial charge in [0.05, 0.1) is 0 Å². The number of ketones is 2. The van der Waals surface area contributed by atoms with Gasteiger partial charge in [0.2, 0.25) is 0 Å². The molecule has 0 aliphatic carbocycles. The maximum atomic E-state index is 11.1. The van der Waals surface area contributed by atoms with Crippen LogP contribution in [-0.4, -0.2) is 24.8 Å². The Balaban J connectivity index is 1.98. The van der Waals surface area contributed by atoms with E-state index in [1.54, 1.807) is 24.3 Å². The van der Waals surface area contributed by atoms with Crippen LogP contribution < -0.4 is 9.47 Å². The van der Waals surface area contributed by atoms with Gasteiger partial charge in [-0.05, 0) is 47.5 Å². The van der Waals surface area contributed by atoms with Crippen molar-refractivity contribution in [2.24, 2.45) is 0 Å². The highest BCUT2D eigenvalue weighted by Gasteiger charge is 2.02. The van der Waals surface area contributed by atoms with E-state index in [4.69, 9.17) is 9.47 Å². The number of hydrogen-bond donors (Lipinski definition) is 0. The number of carbonyl (C=O) groups excluding carboxylic acids is 2. The standard InChI is InChI=1S/C20H18O4/c1-3-17(21)13-23-19-9-5-15(6-10-19)16-7-11-20(12-8-16)24-14-18(22)4-2/h3-12H,1-2,13-14H2. The molecule has 0 amide bonds. The van der Waals surface area contributed by atoms with Gasteiger partial charge < -0.3 is 9.47 Å². The molecule has 0 unspecified atom stereocenters. The summed E-state index contributed by atoms with van der Waals surface area (Å²) in [5.41, 5.74) is 2.01. The van der Waals surface area contributed by atoms with Gasteiger partial charge in [0.1, 0.15) is 11.5 Å². The van der Waals surface area contributed by atoms with Crippen molar-refractivity contribution in [1.29, 1.82) is 0 Å². The number of ether oxygens (including phenoxy) is 2. The molecule has 2 aromatic rings. The Kier molecular flexibility index (Phi) is 6.08. The van der Waals surface area contributed by atoms with Crippen molar-refractivity contribution >= 4 is 11.6 Å². The molecule has 0 radical (unpaired) electrons. The van der Waals surface area contributed by atoms with Crippen molar-refractivity contribution in [2.45, 2.75) is 0 Å². The second kappa shape index (κ2) is 8.48. The molecular formula is C20H18O4. The Morgan fingerprint density at radius 2 is 1.04 bits per heavy atom. The highest BCUT2D eigenvalue weighted by atomic mass is 16.5. The first-order valence-corrected chi connectivity index (χ1v) is 7.39. The lowest BCUT2D eigenvalue weighted by Gasteiger charge is -2.07. The molecule has 0 spiro atoms. The molecule has 2 aromatic carbocycles. The van der Waals surface area contributed by atoms with Gasteiger partial charge in [0.25, 0.3) is 0 Å². The Bertz CT molecular complexity index is 662. The van der Waals surface area contributed by atoms with E-state index in [1.807, 2.05) is 24.3 Å². The lowest BCUT2D eigenvalue weighted by atomic mass is 10.1. The highest BCUT2D eigenvalue weighted by Crippen LogP contribution is 2.24. The third-order valence-electron chi connectivity index (χ3n) is 3.26. The molecule has 0 aromatic heterocycles. The number of benzene rings is 2. The molecule has 0 bridgehead atoms. The summed E-state index contributed by atoms with van der Waals surface area (Å²) in [7, 11) is 0. The minimum atomic E-state index is -0.162. The Hall–Kier alpha value is -3.14. The smallest absolute Gasteiger partial charge is 0.192 e. The normalized spacial score (nSPS) is 9.83. The second-order valence-corrected chi connectivity index (χ2v) is 4.97. The topological polar surface area (TPSA) is 52.6 Å². The van der Waals surface area contributed by atoms with Crippen molar-refractivity contribution in [3.63, 3.8) is 0 Å². The zero-order valence-corrected chi connectivity index (χ0v) is 13.2. The molecule has 0 fully saturated rings. The van der Waals surface area contributed by atoms with E-state index < -0.39 is 0 Å². The van der Waals surface area contributed by atoms with E-state index in [9.17, 15) is 9.59 Å². The molecule has 4 nitrogen and oxygen atoms in total. The molecule has 2 rings (SSSR count). The van der Waals surface area contributed by atoms with E-state index in [-0.39, 0.29) is 24.8 Å². The average molecular weight is 322 g/mol. The molecule has 122 valence electrons. The fraction of sp³-hybridized carbons (Fsp3) is 0.100. The van der Waals surface area contributed by atoms with Crippen LogP contribution in [0.4, 0.5) is 0 Å². The fourth-order valence-electron chi connectivity index (χ4n) is 1.91. The summed E-state index contributed by atoms with van der Waals surface area (Å²) >= 11 is 0. The zero-order valence-electron chi connectivity index (χ0n) is 13.2. The Morgan fingerprint density at radius 3 is 1.33 bits per heavy atom. The summed E-state index contributed by atoms with van der Waals surface area (Å²) in [5.74, 6) is 0.919.